The molecule has 2 aromatic rings. The number of nitrogens with zero attached hydrogens (tertiary/aromatic N) is 1. The molecule has 0 bridgehead atoms. The van der Waals surface area contributed by atoms with Gasteiger partial charge in [0, 0.05) is 23.3 Å². The molecule has 0 fully saturated rings. The van der Waals surface area contributed by atoms with Crippen LogP contribution in [-0.4, -0.2) is 5.21 Å². The molecular weight excluding hydrogens is 162 g/mol. The summed E-state index contributed by atoms with van der Waals surface area (Å²) in [5, 5.41) is 10.8. The van der Waals surface area contributed by atoms with Gasteiger partial charge in [-0.3, -0.25) is 5.21 Å². The molecule has 0 saturated carbocycles. The number of benzene rings is 1. The molecule has 0 atom stereocenters. The minimum atomic E-state index is 0.852. The largest absolute Gasteiger partial charge is 0.284 e. The van der Waals surface area contributed by atoms with Crippen LogP contribution < -0.4 is 4.73 Å². The molecule has 1 heterocycles. The van der Waals surface area contributed by atoms with Crippen LogP contribution in [0.25, 0.3) is 10.9 Å². The molecule has 1 N–H and O–H groups in total. The maximum Gasteiger partial charge on any atom is 0.264 e. The highest BCUT2D eigenvalue weighted by atomic mass is 16.5. The fraction of sp³-hybridized carbons (Fsp3) is 0.182. The lowest BCUT2D eigenvalue weighted by atomic mass is 10.1. The molecule has 1 aromatic heterocycles. The van der Waals surface area contributed by atoms with Crippen molar-refractivity contribution in [3.8, 4) is 0 Å². The lowest BCUT2D eigenvalue weighted by Gasteiger charge is -1.98. The number of pyridine rings is 1. The molecule has 2 heteroatoms. The standard InChI is InChI=1S/C11H12NO/c1-8-7-10-5-3-4-6-11(10)12(13)9(8)2/h3-7,13H,1-2H3/q+1. The van der Waals surface area contributed by atoms with Crippen LogP contribution in [0, 0.1) is 13.8 Å². The molecule has 66 valence electrons. The second-order valence-corrected chi connectivity index (χ2v) is 3.28. The van der Waals surface area contributed by atoms with E-state index in [2.05, 4.69) is 6.07 Å². The maximum absolute atomic E-state index is 9.76. The Balaban J connectivity index is 2.94. The molecule has 0 aliphatic heterocycles. The Kier molecular flexibility index (Phi) is 1.69. The molecule has 0 spiro atoms. The molecule has 2 rings (SSSR count). The van der Waals surface area contributed by atoms with E-state index < -0.39 is 0 Å². The van der Waals surface area contributed by atoms with Crippen molar-refractivity contribution in [1.82, 2.24) is 0 Å². The summed E-state index contributed by atoms with van der Waals surface area (Å²) in [4.78, 5) is 0. The zero-order chi connectivity index (χ0) is 9.42. The molecule has 0 aliphatic rings. The fourth-order valence-electron chi connectivity index (χ4n) is 1.49. The highest BCUT2D eigenvalue weighted by Gasteiger charge is 2.13. The van der Waals surface area contributed by atoms with Gasteiger partial charge in [0.1, 0.15) is 0 Å². The maximum atomic E-state index is 9.76. The number of hydrogen-bond donors (Lipinski definition) is 1. The van der Waals surface area contributed by atoms with Crippen LogP contribution in [0.1, 0.15) is 11.3 Å². The third-order valence-corrected chi connectivity index (χ3v) is 2.43. The smallest absolute Gasteiger partial charge is 0.264 e. The Morgan fingerprint density at radius 1 is 1.15 bits per heavy atom. The van der Waals surface area contributed by atoms with Crippen LogP contribution in [0.2, 0.25) is 0 Å². The Morgan fingerprint density at radius 2 is 1.85 bits per heavy atom. The van der Waals surface area contributed by atoms with Gasteiger partial charge in [-0.1, -0.05) is 12.1 Å². The predicted molar refractivity (Wildman–Crippen MR) is 50.8 cm³/mol. The summed E-state index contributed by atoms with van der Waals surface area (Å²) in [6.07, 6.45) is 0. The zero-order valence-corrected chi connectivity index (χ0v) is 7.78. The number of hydrogen-bond acceptors (Lipinski definition) is 1. The first-order valence-corrected chi connectivity index (χ1v) is 4.30. The van der Waals surface area contributed by atoms with E-state index in [1.807, 2.05) is 38.1 Å². The number of fused-ring (bicyclic) bond motifs is 1. The number of para-hydroxylation sites is 1. The first kappa shape index (κ1) is 8.05. The molecule has 0 saturated heterocycles. The Labute approximate surface area is 77.0 Å². The third-order valence-electron chi connectivity index (χ3n) is 2.43. The first-order chi connectivity index (χ1) is 6.20. The SMILES string of the molecule is Cc1cc2ccccc2[n+](O)c1C. The summed E-state index contributed by atoms with van der Waals surface area (Å²) in [6.45, 7) is 3.90. The van der Waals surface area contributed by atoms with Gasteiger partial charge in [-0.25, -0.2) is 0 Å². The van der Waals surface area contributed by atoms with Crippen molar-refractivity contribution in [3.63, 3.8) is 0 Å². The first-order valence-electron chi connectivity index (χ1n) is 4.30. The Bertz CT molecular complexity index is 463. The average Bonchev–Trinajstić information content (AvgIpc) is 2.15. The van der Waals surface area contributed by atoms with Gasteiger partial charge >= 0.3 is 0 Å². The molecule has 1 aromatic carbocycles. The van der Waals surface area contributed by atoms with E-state index in [0.717, 1.165) is 22.2 Å². The van der Waals surface area contributed by atoms with Crippen LogP contribution in [0.3, 0.4) is 0 Å². The minimum Gasteiger partial charge on any atom is -0.284 e. The van der Waals surface area contributed by atoms with Crippen LogP contribution in [0.5, 0.6) is 0 Å². The molecule has 0 aliphatic carbocycles. The van der Waals surface area contributed by atoms with Gasteiger partial charge in [-0.15, -0.1) is 0 Å². The van der Waals surface area contributed by atoms with E-state index in [0.29, 0.717) is 0 Å². The second-order valence-electron chi connectivity index (χ2n) is 3.28. The van der Waals surface area contributed by atoms with Gasteiger partial charge in [0.05, 0.1) is 5.39 Å². The topological polar surface area (TPSA) is 24.1 Å². The van der Waals surface area contributed by atoms with E-state index in [1.54, 1.807) is 0 Å². The average molecular weight is 174 g/mol. The monoisotopic (exact) mass is 174 g/mol. The van der Waals surface area contributed by atoms with Crippen LogP contribution in [-0.2, 0) is 0 Å². The van der Waals surface area contributed by atoms with Gasteiger partial charge in [0.2, 0.25) is 5.69 Å². The van der Waals surface area contributed by atoms with Crippen molar-refractivity contribution >= 4 is 10.9 Å². The van der Waals surface area contributed by atoms with Gasteiger partial charge in [-0.05, 0) is 19.1 Å². The molecule has 0 radical (unpaired) electrons. The molecule has 0 unspecified atom stereocenters. The summed E-state index contributed by atoms with van der Waals surface area (Å²) in [5.74, 6) is 0. The van der Waals surface area contributed by atoms with E-state index in [4.69, 9.17) is 0 Å². The zero-order valence-electron chi connectivity index (χ0n) is 7.78. The van der Waals surface area contributed by atoms with Crippen molar-refractivity contribution in [2.75, 3.05) is 0 Å². The van der Waals surface area contributed by atoms with Gasteiger partial charge in [0.25, 0.3) is 5.52 Å². The van der Waals surface area contributed by atoms with Crippen LogP contribution >= 0.6 is 0 Å². The lowest BCUT2D eigenvalue weighted by molar-refractivity contribution is -0.889. The number of aromatic nitrogens is 1. The molecular formula is C11H12NO+. The number of aryl methyl sites for hydroxylation is 1. The highest BCUT2D eigenvalue weighted by Crippen LogP contribution is 2.12. The summed E-state index contributed by atoms with van der Waals surface area (Å²) in [7, 11) is 0. The Hall–Kier alpha value is -1.57. The van der Waals surface area contributed by atoms with E-state index in [-0.39, 0.29) is 0 Å². The third kappa shape index (κ3) is 1.15. The van der Waals surface area contributed by atoms with Crippen LogP contribution in [0.15, 0.2) is 30.3 Å². The number of rotatable bonds is 0. The quantitative estimate of drug-likeness (QED) is 0.479. The summed E-state index contributed by atoms with van der Waals surface area (Å²) in [6, 6.07) is 9.87. The molecule has 2 nitrogen and oxygen atoms in total. The second kappa shape index (κ2) is 2.73. The molecule has 13 heavy (non-hydrogen) atoms. The Morgan fingerprint density at radius 3 is 2.62 bits per heavy atom. The molecule has 0 amide bonds. The summed E-state index contributed by atoms with van der Waals surface area (Å²) < 4.78 is 1.24. The van der Waals surface area contributed by atoms with Crippen molar-refractivity contribution < 1.29 is 9.94 Å². The van der Waals surface area contributed by atoms with Gasteiger partial charge in [0.15, 0.2) is 0 Å². The van der Waals surface area contributed by atoms with E-state index in [1.165, 1.54) is 4.73 Å². The fourth-order valence-corrected chi connectivity index (χ4v) is 1.49. The van der Waals surface area contributed by atoms with Crippen LogP contribution in [0.4, 0.5) is 0 Å². The highest BCUT2D eigenvalue weighted by molar-refractivity contribution is 5.76. The normalized spacial score (nSPS) is 10.6. The van der Waals surface area contributed by atoms with Gasteiger partial charge < -0.3 is 0 Å². The minimum absolute atomic E-state index is 0.852. The summed E-state index contributed by atoms with van der Waals surface area (Å²) in [5.41, 5.74) is 2.84. The van der Waals surface area contributed by atoms with E-state index >= 15 is 0 Å². The van der Waals surface area contributed by atoms with Crippen molar-refractivity contribution in [1.29, 1.82) is 0 Å². The van der Waals surface area contributed by atoms with Crippen molar-refractivity contribution in [2.24, 2.45) is 0 Å². The predicted octanol–water partition coefficient (Wildman–Crippen LogP) is 1.98. The van der Waals surface area contributed by atoms with Crippen molar-refractivity contribution in [2.45, 2.75) is 13.8 Å². The van der Waals surface area contributed by atoms with E-state index in [9.17, 15) is 5.21 Å². The van der Waals surface area contributed by atoms with Gasteiger partial charge in [-0.2, -0.15) is 0 Å². The van der Waals surface area contributed by atoms with Crippen molar-refractivity contribution in [3.05, 3.63) is 41.6 Å². The lowest BCUT2D eigenvalue weighted by Crippen LogP contribution is -2.35. The summed E-state index contributed by atoms with van der Waals surface area (Å²) >= 11 is 0.